The van der Waals surface area contributed by atoms with E-state index in [-0.39, 0.29) is 11.7 Å². The smallest absolute Gasteiger partial charge is 0.289 e. The highest BCUT2D eigenvalue weighted by Crippen LogP contribution is 2.23. The molecule has 1 aromatic carbocycles. The van der Waals surface area contributed by atoms with Crippen LogP contribution < -0.4 is 4.80 Å². The normalized spacial score (nSPS) is 12.2. The lowest BCUT2D eigenvalue weighted by atomic mass is 10.3. The summed E-state index contributed by atoms with van der Waals surface area (Å²) in [4.78, 5) is 17.8. The van der Waals surface area contributed by atoms with Crippen LogP contribution >= 0.6 is 50.4 Å². The molecule has 3 nitrogen and oxygen atoms in total. The number of thiophene rings is 1. The number of hydrogen-bond acceptors (Lipinski definition) is 4. The van der Waals surface area contributed by atoms with Gasteiger partial charge in [-0.25, -0.2) is 4.39 Å². The van der Waals surface area contributed by atoms with Crippen LogP contribution in [0.15, 0.2) is 39.1 Å². The first-order chi connectivity index (χ1) is 11.1. The van der Waals surface area contributed by atoms with Gasteiger partial charge in [0.25, 0.3) is 5.91 Å². The second-order valence-corrected chi connectivity index (χ2v) is 9.12. The second kappa shape index (κ2) is 7.29. The van der Waals surface area contributed by atoms with E-state index in [0.717, 1.165) is 26.3 Å². The van der Waals surface area contributed by atoms with Gasteiger partial charge in [-0.3, -0.25) is 4.79 Å². The minimum Gasteiger partial charge on any atom is -0.316 e. The van der Waals surface area contributed by atoms with Crippen molar-refractivity contribution in [3.8, 4) is 0 Å². The number of hydrogen-bond donors (Lipinski definition) is 0. The maximum absolute atomic E-state index is 13.5. The Bertz CT molecular complexity index is 928. The van der Waals surface area contributed by atoms with E-state index in [1.54, 1.807) is 23.9 Å². The molecule has 2 heterocycles. The van der Waals surface area contributed by atoms with Crippen molar-refractivity contribution in [2.75, 3.05) is 12.0 Å². The van der Waals surface area contributed by atoms with Gasteiger partial charge in [-0.15, -0.1) is 11.3 Å². The van der Waals surface area contributed by atoms with Gasteiger partial charge in [0.2, 0.25) is 0 Å². The number of rotatable bonds is 4. The number of amides is 1. The standard InChI is InChI=1S/C15H12BrFN2OS3/c1-21-7-6-19-10-3-2-9(17)8-12(10)23-15(19)18-14(20)11-4-5-13(16)22-11/h2-5,8H,6-7H2,1H3. The van der Waals surface area contributed by atoms with Gasteiger partial charge < -0.3 is 4.57 Å². The molecule has 1 amide bonds. The summed E-state index contributed by atoms with van der Waals surface area (Å²) in [6.07, 6.45) is 2.03. The monoisotopic (exact) mass is 430 g/mol. The first kappa shape index (κ1) is 16.9. The number of aromatic nitrogens is 1. The molecule has 2 aromatic heterocycles. The Morgan fingerprint density at radius 2 is 2.17 bits per heavy atom. The van der Waals surface area contributed by atoms with Crippen molar-refractivity contribution in [3.05, 3.63) is 49.6 Å². The summed E-state index contributed by atoms with van der Waals surface area (Å²) < 4.78 is 17.1. The Morgan fingerprint density at radius 3 is 2.87 bits per heavy atom. The summed E-state index contributed by atoms with van der Waals surface area (Å²) >= 11 is 7.76. The first-order valence-electron chi connectivity index (χ1n) is 6.70. The van der Waals surface area contributed by atoms with Crippen LogP contribution in [0.4, 0.5) is 4.39 Å². The molecule has 0 fully saturated rings. The fourth-order valence-corrected chi connectivity index (χ4v) is 4.82. The summed E-state index contributed by atoms with van der Waals surface area (Å²) in [5.41, 5.74) is 0.907. The second-order valence-electron chi connectivity index (χ2n) is 4.66. The fourth-order valence-electron chi connectivity index (χ4n) is 2.10. The highest BCUT2D eigenvalue weighted by atomic mass is 79.9. The Kier molecular flexibility index (Phi) is 5.35. The van der Waals surface area contributed by atoms with Crippen molar-refractivity contribution in [2.45, 2.75) is 6.54 Å². The third kappa shape index (κ3) is 3.76. The SMILES string of the molecule is CSCCn1c(=NC(=O)c2ccc(Br)s2)sc2cc(F)ccc21. The van der Waals surface area contributed by atoms with Crippen LogP contribution in [0.2, 0.25) is 0 Å². The molecule has 8 heteroatoms. The predicted molar refractivity (Wildman–Crippen MR) is 100 cm³/mol. The maximum atomic E-state index is 13.5. The Hall–Kier alpha value is -0.960. The van der Waals surface area contributed by atoms with Gasteiger partial charge in [-0.05, 0) is 52.5 Å². The van der Waals surface area contributed by atoms with E-state index in [0.29, 0.717) is 9.68 Å². The predicted octanol–water partition coefficient (Wildman–Crippen LogP) is 4.77. The number of aryl methyl sites for hydroxylation is 1. The van der Waals surface area contributed by atoms with Gasteiger partial charge >= 0.3 is 0 Å². The quantitative estimate of drug-likeness (QED) is 0.597. The summed E-state index contributed by atoms with van der Waals surface area (Å²) in [6.45, 7) is 0.729. The molecular weight excluding hydrogens is 419 g/mol. The molecular formula is C15H12BrFN2OS3. The zero-order valence-electron chi connectivity index (χ0n) is 12.1. The molecule has 0 aliphatic carbocycles. The van der Waals surface area contributed by atoms with E-state index in [1.165, 1.54) is 34.8 Å². The molecule has 0 unspecified atom stereocenters. The van der Waals surface area contributed by atoms with E-state index in [4.69, 9.17) is 0 Å². The zero-order valence-corrected chi connectivity index (χ0v) is 16.1. The molecule has 0 saturated heterocycles. The van der Waals surface area contributed by atoms with E-state index in [1.807, 2.05) is 16.9 Å². The van der Waals surface area contributed by atoms with Gasteiger partial charge in [0.15, 0.2) is 4.80 Å². The van der Waals surface area contributed by atoms with E-state index < -0.39 is 0 Å². The average molecular weight is 431 g/mol. The molecule has 0 N–H and O–H groups in total. The van der Waals surface area contributed by atoms with Crippen molar-refractivity contribution in [3.63, 3.8) is 0 Å². The number of fused-ring (bicyclic) bond motifs is 1. The van der Waals surface area contributed by atoms with Gasteiger partial charge in [0.05, 0.1) is 18.9 Å². The number of halogens is 2. The van der Waals surface area contributed by atoms with Crippen LogP contribution in [0, 0.1) is 5.82 Å². The number of thioether (sulfide) groups is 1. The number of carbonyl (C=O) groups is 1. The number of carbonyl (C=O) groups excluding carboxylic acids is 1. The third-order valence-electron chi connectivity index (χ3n) is 3.14. The minimum atomic E-state index is -0.282. The number of thiazole rings is 1. The molecule has 0 spiro atoms. The topological polar surface area (TPSA) is 34.4 Å². The zero-order chi connectivity index (χ0) is 16.4. The molecule has 3 aromatic rings. The summed E-state index contributed by atoms with van der Waals surface area (Å²) in [5.74, 6) is 0.344. The van der Waals surface area contributed by atoms with E-state index >= 15 is 0 Å². The highest BCUT2D eigenvalue weighted by Gasteiger charge is 2.11. The lowest BCUT2D eigenvalue weighted by molar-refractivity contribution is 0.100. The van der Waals surface area contributed by atoms with Gasteiger partial charge in [-0.1, -0.05) is 11.3 Å². The molecule has 0 atom stereocenters. The van der Waals surface area contributed by atoms with Crippen molar-refractivity contribution in [1.29, 1.82) is 0 Å². The fraction of sp³-hybridized carbons (Fsp3) is 0.200. The van der Waals surface area contributed by atoms with Crippen LogP contribution in [-0.4, -0.2) is 22.5 Å². The lowest BCUT2D eigenvalue weighted by Gasteiger charge is -2.03. The highest BCUT2D eigenvalue weighted by molar-refractivity contribution is 9.11. The van der Waals surface area contributed by atoms with E-state index in [9.17, 15) is 9.18 Å². The van der Waals surface area contributed by atoms with Crippen molar-refractivity contribution < 1.29 is 9.18 Å². The minimum absolute atomic E-state index is 0.273. The molecule has 120 valence electrons. The maximum Gasteiger partial charge on any atom is 0.289 e. The largest absolute Gasteiger partial charge is 0.316 e. The van der Waals surface area contributed by atoms with Crippen LogP contribution in [0.25, 0.3) is 10.2 Å². The number of benzene rings is 1. The molecule has 0 aliphatic heterocycles. The van der Waals surface area contributed by atoms with Gasteiger partial charge in [-0.2, -0.15) is 16.8 Å². The van der Waals surface area contributed by atoms with Crippen molar-refractivity contribution in [2.24, 2.45) is 4.99 Å². The average Bonchev–Trinajstić information content (AvgIpc) is 3.08. The van der Waals surface area contributed by atoms with Gasteiger partial charge in [0, 0.05) is 12.3 Å². The molecule has 0 saturated carbocycles. The summed E-state index contributed by atoms with van der Waals surface area (Å²) in [7, 11) is 0. The van der Waals surface area contributed by atoms with Crippen molar-refractivity contribution >= 4 is 66.5 Å². The first-order valence-corrected chi connectivity index (χ1v) is 10.5. The van der Waals surface area contributed by atoms with Crippen LogP contribution in [0.5, 0.6) is 0 Å². The Balaban J connectivity index is 2.11. The van der Waals surface area contributed by atoms with Crippen molar-refractivity contribution in [1.82, 2.24) is 4.57 Å². The van der Waals surface area contributed by atoms with E-state index in [2.05, 4.69) is 20.9 Å². The summed E-state index contributed by atoms with van der Waals surface area (Å²) in [5, 5.41) is 0. The molecule has 3 rings (SSSR count). The van der Waals surface area contributed by atoms with Gasteiger partial charge in [0.1, 0.15) is 5.82 Å². The number of nitrogens with zero attached hydrogens (tertiary/aromatic N) is 2. The lowest BCUT2D eigenvalue weighted by Crippen LogP contribution is -2.18. The molecule has 0 bridgehead atoms. The third-order valence-corrected chi connectivity index (χ3v) is 6.39. The Morgan fingerprint density at radius 1 is 1.35 bits per heavy atom. The molecule has 23 heavy (non-hydrogen) atoms. The molecule has 0 radical (unpaired) electrons. The Labute approximate surface area is 153 Å². The van der Waals surface area contributed by atoms with Crippen LogP contribution in [0.3, 0.4) is 0 Å². The van der Waals surface area contributed by atoms with Crippen LogP contribution in [0.1, 0.15) is 9.67 Å². The molecule has 0 aliphatic rings. The summed E-state index contributed by atoms with van der Waals surface area (Å²) in [6, 6.07) is 8.25. The van der Waals surface area contributed by atoms with Crippen LogP contribution in [-0.2, 0) is 6.54 Å².